The number of rotatable bonds is 3. The van der Waals surface area contributed by atoms with Crippen LogP contribution >= 0.6 is 12.2 Å². The summed E-state index contributed by atoms with van der Waals surface area (Å²) in [5.74, 6) is 0. The highest BCUT2D eigenvalue weighted by molar-refractivity contribution is 7.80. The summed E-state index contributed by atoms with van der Waals surface area (Å²) >= 11 is 4.92. The van der Waals surface area contributed by atoms with Crippen molar-refractivity contribution in [2.24, 2.45) is 5.73 Å². The molecule has 1 heterocycles. The number of anilines is 1. The van der Waals surface area contributed by atoms with Gasteiger partial charge >= 0.3 is 0 Å². The molecule has 0 aliphatic carbocycles. The van der Waals surface area contributed by atoms with Crippen molar-refractivity contribution in [1.29, 1.82) is 0 Å². The predicted octanol–water partition coefficient (Wildman–Crippen LogP) is 1.55. The van der Waals surface area contributed by atoms with Gasteiger partial charge in [-0.1, -0.05) is 12.2 Å². The minimum Gasteiger partial charge on any atom is -0.389 e. The molecule has 2 rings (SSSR count). The Morgan fingerprint density at radius 3 is 2.62 bits per heavy atom. The van der Waals surface area contributed by atoms with E-state index in [0.29, 0.717) is 11.1 Å². The van der Waals surface area contributed by atoms with Crippen LogP contribution < -0.4 is 10.6 Å². The smallest absolute Gasteiger partial charge is 0.103 e. The maximum absolute atomic E-state index is 5.56. The average molecular weight is 236 g/mol. The maximum Gasteiger partial charge on any atom is 0.103 e. The molecule has 0 radical (unpaired) electrons. The number of nitrogens with zero attached hydrogens (tertiary/aromatic N) is 1. The average Bonchev–Trinajstić information content (AvgIpc) is 2.77. The van der Waals surface area contributed by atoms with Crippen molar-refractivity contribution >= 4 is 22.9 Å². The van der Waals surface area contributed by atoms with Gasteiger partial charge in [0.15, 0.2) is 0 Å². The molecule has 86 valence electrons. The normalized spacial score (nSPS) is 20.1. The van der Waals surface area contributed by atoms with Gasteiger partial charge in [-0.3, -0.25) is 0 Å². The van der Waals surface area contributed by atoms with Gasteiger partial charge in [0, 0.05) is 31.5 Å². The Morgan fingerprint density at radius 2 is 2.12 bits per heavy atom. The van der Waals surface area contributed by atoms with Gasteiger partial charge < -0.3 is 15.4 Å². The lowest BCUT2D eigenvalue weighted by molar-refractivity contribution is 0.121. The molecule has 0 amide bonds. The summed E-state index contributed by atoms with van der Waals surface area (Å²) in [6, 6.07) is 8.06. The highest BCUT2D eigenvalue weighted by Gasteiger charge is 2.21. The standard InChI is InChI=1S/C12H16N2OS/c1-15-11-6-7-14(8-11)10-4-2-9(3-5-10)12(13)16/h2-5,11H,6-8H2,1H3,(H2,13,16). The van der Waals surface area contributed by atoms with Crippen LogP contribution in [0.1, 0.15) is 12.0 Å². The van der Waals surface area contributed by atoms with Gasteiger partial charge in [-0.2, -0.15) is 0 Å². The SMILES string of the molecule is COC1CCN(c2ccc(C(N)=S)cc2)C1. The Morgan fingerprint density at radius 1 is 1.44 bits per heavy atom. The van der Waals surface area contributed by atoms with E-state index >= 15 is 0 Å². The highest BCUT2D eigenvalue weighted by Crippen LogP contribution is 2.21. The Hall–Kier alpha value is -1.13. The fourth-order valence-corrected chi connectivity index (χ4v) is 2.13. The van der Waals surface area contributed by atoms with Crippen molar-refractivity contribution < 1.29 is 4.74 Å². The fourth-order valence-electron chi connectivity index (χ4n) is 1.99. The molecule has 1 fully saturated rings. The molecule has 16 heavy (non-hydrogen) atoms. The lowest BCUT2D eigenvalue weighted by atomic mass is 10.2. The Balaban J connectivity index is 2.08. The van der Waals surface area contributed by atoms with Crippen molar-refractivity contribution in [1.82, 2.24) is 0 Å². The lowest BCUT2D eigenvalue weighted by Crippen LogP contribution is -2.22. The number of nitrogens with two attached hydrogens (primary N) is 1. The molecule has 1 aromatic rings. The van der Waals surface area contributed by atoms with E-state index in [4.69, 9.17) is 22.7 Å². The highest BCUT2D eigenvalue weighted by atomic mass is 32.1. The van der Waals surface area contributed by atoms with E-state index in [2.05, 4.69) is 17.0 Å². The molecule has 1 atom stereocenters. The summed E-state index contributed by atoms with van der Waals surface area (Å²) in [5.41, 5.74) is 7.68. The topological polar surface area (TPSA) is 38.5 Å². The van der Waals surface area contributed by atoms with E-state index in [1.807, 2.05) is 12.1 Å². The Kier molecular flexibility index (Phi) is 3.41. The number of ether oxygens (including phenoxy) is 1. The van der Waals surface area contributed by atoms with Crippen LogP contribution in [0.15, 0.2) is 24.3 Å². The number of methoxy groups -OCH3 is 1. The molecule has 1 unspecified atom stereocenters. The molecule has 1 aliphatic heterocycles. The van der Waals surface area contributed by atoms with Gasteiger partial charge in [0.1, 0.15) is 4.99 Å². The zero-order valence-electron chi connectivity index (χ0n) is 9.35. The molecule has 0 aromatic heterocycles. The number of hydrogen-bond donors (Lipinski definition) is 1. The van der Waals surface area contributed by atoms with E-state index < -0.39 is 0 Å². The molecule has 0 spiro atoms. The minimum absolute atomic E-state index is 0.357. The second-order valence-corrected chi connectivity index (χ2v) is 4.44. The molecule has 1 saturated heterocycles. The third kappa shape index (κ3) is 2.33. The van der Waals surface area contributed by atoms with Crippen molar-refractivity contribution in [3.8, 4) is 0 Å². The first-order valence-electron chi connectivity index (χ1n) is 5.38. The molecule has 0 saturated carbocycles. The van der Waals surface area contributed by atoms with Crippen LogP contribution in [-0.4, -0.2) is 31.3 Å². The fraction of sp³-hybridized carbons (Fsp3) is 0.417. The van der Waals surface area contributed by atoms with E-state index in [0.717, 1.165) is 25.1 Å². The second kappa shape index (κ2) is 4.80. The molecule has 4 heteroatoms. The number of benzene rings is 1. The summed E-state index contributed by atoms with van der Waals surface area (Å²) in [6.07, 6.45) is 1.45. The predicted molar refractivity (Wildman–Crippen MR) is 70.0 cm³/mol. The minimum atomic E-state index is 0.357. The molecule has 1 aliphatic rings. The molecule has 2 N–H and O–H groups in total. The molecular weight excluding hydrogens is 220 g/mol. The van der Waals surface area contributed by atoms with Crippen molar-refractivity contribution in [3.63, 3.8) is 0 Å². The number of hydrogen-bond acceptors (Lipinski definition) is 3. The van der Waals surface area contributed by atoms with Crippen molar-refractivity contribution in [2.45, 2.75) is 12.5 Å². The van der Waals surface area contributed by atoms with Crippen molar-refractivity contribution in [2.75, 3.05) is 25.1 Å². The van der Waals surface area contributed by atoms with E-state index in [1.54, 1.807) is 7.11 Å². The van der Waals surface area contributed by atoms with E-state index in [9.17, 15) is 0 Å². The van der Waals surface area contributed by atoms with Gasteiger partial charge in [0.05, 0.1) is 6.10 Å². The Bertz CT molecular complexity index is 377. The first-order valence-corrected chi connectivity index (χ1v) is 5.79. The van der Waals surface area contributed by atoms with Crippen LogP contribution in [0.3, 0.4) is 0 Å². The largest absolute Gasteiger partial charge is 0.389 e. The van der Waals surface area contributed by atoms with Gasteiger partial charge in [0.25, 0.3) is 0 Å². The molecule has 0 bridgehead atoms. The van der Waals surface area contributed by atoms with Crippen molar-refractivity contribution in [3.05, 3.63) is 29.8 Å². The lowest BCUT2D eigenvalue weighted by Gasteiger charge is -2.18. The zero-order valence-corrected chi connectivity index (χ0v) is 10.2. The first-order chi connectivity index (χ1) is 7.70. The molecule has 3 nitrogen and oxygen atoms in total. The maximum atomic E-state index is 5.56. The van der Waals surface area contributed by atoms with Gasteiger partial charge in [-0.05, 0) is 30.7 Å². The summed E-state index contributed by atoms with van der Waals surface area (Å²) in [4.78, 5) is 2.76. The quantitative estimate of drug-likeness (QED) is 0.808. The van der Waals surface area contributed by atoms with Gasteiger partial charge in [-0.15, -0.1) is 0 Å². The summed E-state index contributed by atoms with van der Waals surface area (Å²) in [6.45, 7) is 2.01. The molecule has 1 aromatic carbocycles. The monoisotopic (exact) mass is 236 g/mol. The van der Waals surface area contributed by atoms with E-state index in [1.165, 1.54) is 5.69 Å². The molecular formula is C12H16N2OS. The third-order valence-corrected chi connectivity index (χ3v) is 3.23. The van der Waals surface area contributed by atoms with E-state index in [-0.39, 0.29) is 0 Å². The van der Waals surface area contributed by atoms with Gasteiger partial charge in [-0.25, -0.2) is 0 Å². The second-order valence-electron chi connectivity index (χ2n) is 4.00. The van der Waals surface area contributed by atoms with Crippen LogP contribution in [0.4, 0.5) is 5.69 Å². The van der Waals surface area contributed by atoms with Crippen LogP contribution in [0.25, 0.3) is 0 Å². The Labute approximate surface area is 101 Å². The first kappa shape index (κ1) is 11.4. The van der Waals surface area contributed by atoms with Crippen LogP contribution in [-0.2, 0) is 4.74 Å². The summed E-state index contributed by atoms with van der Waals surface area (Å²) in [5, 5.41) is 0. The number of thiocarbonyl (C=S) groups is 1. The van der Waals surface area contributed by atoms with Gasteiger partial charge in [0.2, 0.25) is 0 Å². The summed E-state index contributed by atoms with van der Waals surface area (Å²) < 4.78 is 5.34. The van der Waals surface area contributed by atoms with Crippen LogP contribution in [0.2, 0.25) is 0 Å². The van der Waals surface area contributed by atoms with Crippen LogP contribution in [0, 0.1) is 0 Å². The zero-order chi connectivity index (χ0) is 11.5. The van der Waals surface area contributed by atoms with Crippen LogP contribution in [0.5, 0.6) is 0 Å². The summed E-state index contributed by atoms with van der Waals surface area (Å²) in [7, 11) is 1.77. The third-order valence-electron chi connectivity index (χ3n) is 3.00.